The topological polar surface area (TPSA) is 33.2 Å². The van der Waals surface area contributed by atoms with Crippen LogP contribution in [0.5, 0.6) is 0 Å². The standard InChI is InChI=1S/C12H16N2O/c1-9(15)14(2)12-5-3-4-10-6-7-13-8-11(10)12/h6-8,12H,3-5H2,1-2H3/t12-/m1/s1. The third-order valence-electron chi connectivity index (χ3n) is 3.19. The van der Waals surface area contributed by atoms with Crippen molar-refractivity contribution in [1.82, 2.24) is 9.88 Å². The Labute approximate surface area is 90.1 Å². The van der Waals surface area contributed by atoms with Crippen LogP contribution in [-0.4, -0.2) is 22.8 Å². The number of aryl methyl sites for hydroxylation is 1. The molecule has 15 heavy (non-hydrogen) atoms. The average molecular weight is 204 g/mol. The molecule has 2 rings (SSSR count). The van der Waals surface area contributed by atoms with Gasteiger partial charge in [-0.15, -0.1) is 0 Å². The first-order valence-electron chi connectivity index (χ1n) is 5.36. The average Bonchev–Trinajstić information content (AvgIpc) is 2.27. The zero-order chi connectivity index (χ0) is 10.8. The smallest absolute Gasteiger partial charge is 0.219 e. The fourth-order valence-corrected chi connectivity index (χ4v) is 2.23. The number of carbonyl (C=O) groups is 1. The lowest BCUT2D eigenvalue weighted by Crippen LogP contribution is -2.31. The molecule has 0 fully saturated rings. The molecule has 1 amide bonds. The Bertz CT molecular complexity index is 376. The first-order chi connectivity index (χ1) is 7.20. The maximum Gasteiger partial charge on any atom is 0.219 e. The second-order valence-corrected chi connectivity index (χ2v) is 4.11. The van der Waals surface area contributed by atoms with Crippen LogP contribution in [0, 0.1) is 0 Å². The normalized spacial score (nSPS) is 19.5. The van der Waals surface area contributed by atoms with Gasteiger partial charge in [0.05, 0.1) is 6.04 Å². The van der Waals surface area contributed by atoms with Crippen molar-refractivity contribution in [2.24, 2.45) is 0 Å². The van der Waals surface area contributed by atoms with Crippen molar-refractivity contribution in [3.05, 3.63) is 29.6 Å². The summed E-state index contributed by atoms with van der Waals surface area (Å²) in [4.78, 5) is 17.3. The van der Waals surface area contributed by atoms with E-state index in [9.17, 15) is 4.79 Å². The molecular formula is C12H16N2O. The molecule has 0 spiro atoms. The SMILES string of the molecule is CC(=O)N(C)[C@@H]1CCCc2ccncc21. The third kappa shape index (κ3) is 1.87. The molecule has 0 aliphatic heterocycles. The second kappa shape index (κ2) is 4.01. The summed E-state index contributed by atoms with van der Waals surface area (Å²) >= 11 is 0. The van der Waals surface area contributed by atoms with E-state index < -0.39 is 0 Å². The highest BCUT2D eigenvalue weighted by Gasteiger charge is 2.24. The maximum atomic E-state index is 11.4. The minimum absolute atomic E-state index is 0.122. The molecule has 0 unspecified atom stereocenters. The summed E-state index contributed by atoms with van der Waals surface area (Å²) in [6, 6.07) is 2.29. The number of amides is 1. The first kappa shape index (κ1) is 10.1. The van der Waals surface area contributed by atoms with Crippen LogP contribution >= 0.6 is 0 Å². The first-order valence-corrected chi connectivity index (χ1v) is 5.36. The molecule has 0 aromatic carbocycles. The van der Waals surface area contributed by atoms with Gasteiger partial charge < -0.3 is 4.90 Å². The van der Waals surface area contributed by atoms with Crippen LogP contribution in [0.15, 0.2) is 18.5 Å². The Morgan fingerprint density at radius 1 is 1.60 bits per heavy atom. The van der Waals surface area contributed by atoms with Crippen LogP contribution in [0.25, 0.3) is 0 Å². The molecule has 1 atom stereocenters. The highest BCUT2D eigenvalue weighted by atomic mass is 16.2. The predicted molar refractivity (Wildman–Crippen MR) is 58.4 cm³/mol. The van der Waals surface area contributed by atoms with E-state index in [1.54, 1.807) is 6.92 Å². The molecular weight excluding hydrogens is 188 g/mol. The third-order valence-corrected chi connectivity index (χ3v) is 3.19. The summed E-state index contributed by atoms with van der Waals surface area (Å²) in [5.41, 5.74) is 2.57. The van der Waals surface area contributed by atoms with Crippen LogP contribution < -0.4 is 0 Å². The van der Waals surface area contributed by atoms with Crippen LogP contribution in [0.3, 0.4) is 0 Å². The van der Waals surface area contributed by atoms with Gasteiger partial charge in [0, 0.05) is 26.4 Å². The molecule has 3 heteroatoms. The van der Waals surface area contributed by atoms with Crippen molar-refractivity contribution < 1.29 is 4.79 Å². The van der Waals surface area contributed by atoms with E-state index in [1.807, 2.05) is 24.3 Å². The van der Waals surface area contributed by atoms with Gasteiger partial charge in [-0.1, -0.05) is 0 Å². The molecule has 0 radical (unpaired) electrons. The molecule has 1 aromatic heterocycles. The Morgan fingerprint density at radius 3 is 3.13 bits per heavy atom. The highest BCUT2D eigenvalue weighted by molar-refractivity contribution is 5.73. The van der Waals surface area contributed by atoms with E-state index in [0.29, 0.717) is 0 Å². The Kier molecular flexibility index (Phi) is 2.71. The molecule has 0 bridgehead atoms. The zero-order valence-electron chi connectivity index (χ0n) is 9.23. The highest BCUT2D eigenvalue weighted by Crippen LogP contribution is 2.32. The quantitative estimate of drug-likeness (QED) is 0.700. The molecule has 80 valence electrons. The molecule has 3 nitrogen and oxygen atoms in total. The number of aromatic nitrogens is 1. The fourth-order valence-electron chi connectivity index (χ4n) is 2.23. The molecule has 0 saturated carbocycles. The van der Waals surface area contributed by atoms with Gasteiger partial charge in [-0.2, -0.15) is 0 Å². The van der Waals surface area contributed by atoms with Crippen molar-refractivity contribution in [2.75, 3.05) is 7.05 Å². The summed E-state index contributed by atoms with van der Waals surface area (Å²) in [6.45, 7) is 1.62. The molecule has 1 aromatic rings. The van der Waals surface area contributed by atoms with E-state index in [1.165, 1.54) is 11.1 Å². The van der Waals surface area contributed by atoms with Gasteiger partial charge in [-0.3, -0.25) is 9.78 Å². The van der Waals surface area contributed by atoms with Gasteiger partial charge >= 0.3 is 0 Å². The van der Waals surface area contributed by atoms with Gasteiger partial charge in [0.25, 0.3) is 0 Å². The summed E-state index contributed by atoms with van der Waals surface area (Å²) in [7, 11) is 1.87. The lowest BCUT2D eigenvalue weighted by Gasteiger charge is -2.32. The number of carbonyl (C=O) groups excluding carboxylic acids is 1. The van der Waals surface area contributed by atoms with E-state index in [4.69, 9.17) is 0 Å². The lowest BCUT2D eigenvalue weighted by atomic mass is 9.88. The van der Waals surface area contributed by atoms with Crippen molar-refractivity contribution >= 4 is 5.91 Å². The van der Waals surface area contributed by atoms with Crippen molar-refractivity contribution in [2.45, 2.75) is 32.2 Å². The van der Waals surface area contributed by atoms with Crippen LogP contribution in [0.1, 0.15) is 36.9 Å². The zero-order valence-corrected chi connectivity index (χ0v) is 9.23. The van der Waals surface area contributed by atoms with Crippen molar-refractivity contribution in [3.8, 4) is 0 Å². The maximum absolute atomic E-state index is 11.4. The summed E-state index contributed by atoms with van der Waals surface area (Å²) < 4.78 is 0. The molecule has 1 aliphatic carbocycles. The lowest BCUT2D eigenvalue weighted by molar-refractivity contribution is -0.130. The van der Waals surface area contributed by atoms with E-state index >= 15 is 0 Å². The van der Waals surface area contributed by atoms with Crippen LogP contribution in [0.4, 0.5) is 0 Å². The number of fused-ring (bicyclic) bond motifs is 1. The largest absolute Gasteiger partial charge is 0.339 e. The van der Waals surface area contributed by atoms with Crippen molar-refractivity contribution in [3.63, 3.8) is 0 Å². The Hall–Kier alpha value is -1.38. The van der Waals surface area contributed by atoms with Crippen molar-refractivity contribution in [1.29, 1.82) is 0 Å². The Morgan fingerprint density at radius 2 is 2.40 bits per heavy atom. The van der Waals surface area contributed by atoms with Crippen LogP contribution in [-0.2, 0) is 11.2 Å². The number of hydrogen-bond donors (Lipinski definition) is 0. The van der Waals surface area contributed by atoms with E-state index in [2.05, 4.69) is 11.1 Å². The summed E-state index contributed by atoms with van der Waals surface area (Å²) in [5, 5.41) is 0. The number of hydrogen-bond acceptors (Lipinski definition) is 2. The molecule has 0 N–H and O–H groups in total. The van der Waals surface area contributed by atoms with Gasteiger partial charge in [0.2, 0.25) is 5.91 Å². The summed E-state index contributed by atoms with van der Waals surface area (Å²) in [5.74, 6) is 0.122. The van der Waals surface area contributed by atoms with Crippen LogP contribution in [0.2, 0.25) is 0 Å². The number of pyridine rings is 1. The number of nitrogens with zero attached hydrogens (tertiary/aromatic N) is 2. The molecule has 1 aliphatic rings. The minimum Gasteiger partial charge on any atom is -0.339 e. The number of rotatable bonds is 1. The van der Waals surface area contributed by atoms with E-state index in [0.717, 1.165) is 19.3 Å². The van der Waals surface area contributed by atoms with Gasteiger partial charge in [0.15, 0.2) is 0 Å². The van der Waals surface area contributed by atoms with E-state index in [-0.39, 0.29) is 11.9 Å². The monoisotopic (exact) mass is 204 g/mol. The van der Waals surface area contributed by atoms with Gasteiger partial charge in [0.1, 0.15) is 0 Å². The molecule has 1 heterocycles. The predicted octanol–water partition coefficient (Wildman–Crippen LogP) is 1.94. The van der Waals surface area contributed by atoms with Gasteiger partial charge in [-0.25, -0.2) is 0 Å². The fraction of sp³-hybridized carbons (Fsp3) is 0.500. The summed E-state index contributed by atoms with van der Waals surface area (Å²) in [6.07, 6.45) is 7.04. The van der Waals surface area contributed by atoms with Gasteiger partial charge in [-0.05, 0) is 36.5 Å². The Balaban J connectivity index is 2.33. The minimum atomic E-state index is 0.122. The second-order valence-electron chi connectivity index (χ2n) is 4.11. The molecule has 0 saturated heterocycles.